The van der Waals surface area contributed by atoms with Crippen molar-refractivity contribution in [2.24, 2.45) is 7.05 Å². The van der Waals surface area contributed by atoms with Gasteiger partial charge in [-0.3, -0.25) is 4.68 Å². The van der Waals surface area contributed by atoms with Crippen LogP contribution in [0.15, 0.2) is 6.07 Å². The van der Waals surface area contributed by atoms with E-state index in [-0.39, 0.29) is 0 Å². The van der Waals surface area contributed by atoms with Gasteiger partial charge in [-0.05, 0) is 45.5 Å². The summed E-state index contributed by atoms with van der Waals surface area (Å²) >= 11 is 0. The van der Waals surface area contributed by atoms with Gasteiger partial charge in [0.2, 0.25) is 0 Å². The van der Waals surface area contributed by atoms with Crippen LogP contribution in [0.4, 0.5) is 0 Å². The van der Waals surface area contributed by atoms with Gasteiger partial charge in [0, 0.05) is 13.6 Å². The van der Waals surface area contributed by atoms with Crippen molar-refractivity contribution in [2.75, 3.05) is 19.6 Å². The molecule has 92 valence electrons. The average Bonchev–Trinajstić information content (AvgIpc) is 2.56. The number of nitrogens with zero attached hydrogens (tertiary/aromatic N) is 2. The molecule has 0 bridgehead atoms. The molecule has 1 aromatic heterocycles. The lowest BCUT2D eigenvalue weighted by molar-refractivity contribution is 0.575. The molecule has 0 saturated carbocycles. The first-order chi connectivity index (χ1) is 7.74. The van der Waals surface area contributed by atoms with Crippen LogP contribution in [0.2, 0.25) is 0 Å². The standard InChI is InChI=1S/C12H24N4/c1-4-6-13-7-5-8-14-10-12-9-11(2)15-16(12)3/h9,13-14H,4-8,10H2,1-3H3. The Balaban J connectivity index is 2.05. The third-order valence-electron chi connectivity index (χ3n) is 2.54. The van der Waals surface area contributed by atoms with Gasteiger partial charge in [-0.25, -0.2) is 0 Å². The van der Waals surface area contributed by atoms with E-state index in [4.69, 9.17) is 0 Å². The van der Waals surface area contributed by atoms with Crippen LogP contribution in [0.5, 0.6) is 0 Å². The van der Waals surface area contributed by atoms with Gasteiger partial charge in [0.15, 0.2) is 0 Å². The Morgan fingerprint density at radius 1 is 1.25 bits per heavy atom. The van der Waals surface area contributed by atoms with Crippen LogP contribution in [-0.2, 0) is 13.6 Å². The molecule has 2 N–H and O–H groups in total. The summed E-state index contributed by atoms with van der Waals surface area (Å²) in [5, 5.41) is 11.1. The van der Waals surface area contributed by atoms with Crippen molar-refractivity contribution in [1.82, 2.24) is 20.4 Å². The Hall–Kier alpha value is -0.870. The molecule has 1 heterocycles. The molecule has 0 aliphatic rings. The predicted molar refractivity (Wildman–Crippen MR) is 67.4 cm³/mol. The summed E-state index contributed by atoms with van der Waals surface area (Å²) in [5.74, 6) is 0. The SMILES string of the molecule is CCCNCCCNCc1cc(C)nn1C. The maximum Gasteiger partial charge on any atom is 0.0597 e. The Morgan fingerprint density at radius 3 is 2.62 bits per heavy atom. The molecule has 1 aromatic rings. The fourth-order valence-corrected chi connectivity index (χ4v) is 1.69. The molecule has 0 aliphatic heterocycles. The van der Waals surface area contributed by atoms with Gasteiger partial charge in [-0.15, -0.1) is 0 Å². The highest BCUT2D eigenvalue weighted by Crippen LogP contribution is 2.00. The quantitative estimate of drug-likeness (QED) is 0.652. The average molecular weight is 224 g/mol. The number of hydrogen-bond acceptors (Lipinski definition) is 3. The second-order valence-corrected chi connectivity index (χ2v) is 4.18. The smallest absolute Gasteiger partial charge is 0.0597 e. The predicted octanol–water partition coefficient (Wildman–Crippen LogP) is 1.21. The monoisotopic (exact) mass is 224 g/mol. The van der Waals surface area contributed by atoms with Crippen molar-refractivity contribution >= 4 is 0 Å². The highest BCUT2D eigenvalue weighted by atomic mass is 15.3. The molecular weight excluding hydrogens is 200 g/mol. The van der Waals surface area contributed by atoms with E-state index >= 15 is 0 Å². The molecule has 4 nitrogen and oxygen atoms in total. The van der Waals surface area contributed by atoms with Crippen molar-refractivity contribution in [3.8, 4) is 0 Å². The summed E-state index contributed by atoms with van der Waals surface area (Å²) in [7, 11) is 1.99. The van der Waals surface area contributed by atoms with Crippen LogP contribution in [-0.4, -0.2) is 29.4 Å². The molecule has 1 rings (SSSR count). The minimum atomic E-state index is 0.908. The molecule has 0 aromatic carbocycles. The molecule has 4 heteroatoms. The maximum absolute atomic E-state index is 4.31. The molecular formula is C12H24N4. The largest absolute Gasteiger partial charge is 0.317 e. The van der Waals surface area contributed by atoms with Crippen LogP contribution in [0.25, 0.3) is 0 Å². The number of aryl methyl sites for hydroxylation is 2. The van der Waals surface area contributed by atoms with Crippen molar-refractivity contribution in [3.05, 3.63) is 17.5 Å². The highest BCUT2D eigenvalue weighted by Gasteiger charge is 2.00. The van der Waals surface area contributed by atoms with Crippen LogP contribution >= 0.6 is 0 Å². The third-order valence-corrected chi connectivity index (χ3v) is 2.54. The molecule has 16 heavy (non-hydrogen) atoms. The summed E-state index contributed by atoms with van der Waals surface area (Å²) in [6, 6.07) is 2.13. The van der Waals surface area contributed by atoms with Gasteiger partial charge >= 0.3 is 0 Å². The lowest BCUT2D eigenvalue weighted by atomic mass is 10.3. The van der Waals surface area contributed by atoms with E-state index < -0.39 is 0 Å². The van der Waals surface area contributed by atoms with Crippen LogP contribution in [0.1, 0.15) is 31.2 Å². The highest BCUT2D eigenvalue weighted by molar-refractivity contribution is 5.08. The topological polar surface area (TPSA) is 41.9 Å². The van der Waals surface area contributed by atoms with Crippen molar-refractivity contribution in [2.45, 2.75) is 33.2 Å². The Bertz CT molecular complexity index is 293. The Morgan fingerprint density at radius 2 is 2.00 bits per heavy atom. The second kappa shape index (κ2) is 7.41. The zero-order chi connectivity index (χ0) is 11.8. The summed E-state index contributed by atoms with van der Waals surface area (Å²) in [5.41, 5.74) is 2.34. The number of rotatable bonds is 8. The first-order valence-electron chi connectivity index (χ1n) is 6.15. The number of hydrogen-bond donors (Lipinski definition) is 2. The maximum atomic E-state index is 4.31. The summed E-state index contributed by atoms with van der Waals surface area (Å²) in [6.07, 6.45) is 2.39. The summed E-state index contributed by atoms with van der Waals surface area (Å²) < 4.78 is 1.94. The summed E-state index contributed by atoms with van der Waals surface area (Å²) in [6.45, 7) is 8.41. The minimum absolute atomic E-state index is 0.908. The zero-order valence-electron chi connectivity index (χ0n) is 10.7. The first kappa shape index (κ1) is 13.2. The molecule has 0 unspecified atom stereocenters. The molecule has 0 amide bonds. The van der Waals surface area contributed by atoms with Crippen molar-refractivity contribution in [1.29, 1.82) is 0 Å². The van der Waals surface area contributed by atoms with Crippen LogP contribution in [0, 0.1) is 6.92 Å². The van der Waals surface area contributed by atoms with Crippen LogP contribution in [0.3, 0.4) is 0 Å². The molecule has 0 fully saturated rings. The Kier molecular flexibility index (Phi) is 6.11. The van der Waals surface area contributed by atoms with Gasteiger partial charge in [0.1, 0.15) is 0 Å². The first-order valence-corrected chi connectivity index (χ1v) is 6.15. The van der Waals surface area contributed by atoms with E-state index in [0.717, 1.165) is 31.9 Å². The third kappa shape index (κ3) is 4.77. The fraction of sp³-hybridized carbons (Fsp3) is 0.750. The minimum Gasteiger partial charge on any atom is -0.317 e. The van der Waals surface area contributed by atoms with Gasteiger partial charge < -0.3 is 10.6 Å². The molecule has 0 radical (unpaired) electrons. The lowest BCUT2D eigenvalue weighted by Crippen LogP contribution is -2.22. The van der Waals surface area contributed by atoms with Gasteiger partial charge in [0.05, 0.1) is 11.4 Å². The molecule has 0 saturated heterocycles. The number of nitrogens with one attached hydrogen (secondary N) is 2. The second-order valence-electron chi connectivity index (χ2n) is 4.18. The van der Waals surface area contributed by atoms with E-state index in [1.807, 2.05) is 18.7 Å². The molecule has 0 aliphatic carbocycles. The van der Waals surface area contributed by atoms with E-state index in [1.165, 1.54) is 18.5 Å². The lowest BCUT2D eigenvalue weighted by Gasteiger charge is -2.05. The van der Waals surface area contributed by atoms with Crippen molar-refractivity contribution < 1.29 is 0 Å². The van der Waals surface area contributed by atoms with E-state index in [1.54, 1.807) is 0 Å². The van der Waals surface area contributed by atoms with Gasteiger partial charge in [0.25, 0.3) is 0 Å². The summed E-state index contributed by atoms with van der Waals surface area (Å²) in [4.78, 5) is 0. The molecule has 0 atom stereocenters. The number of aromatic nitrogens is 2. The zero-order valence-corrected chi connectivity index (χ0v) is 10.7. The van der Waals surface area contributed by atoms with E-state index in [9.17, 15) is 0 Å². The van der Waals surface area contributed by atoms with Crippen molar-refractivity contribution in [3.63, 3.8) is 0 Å². The normalized spacial score (nSPS) is 10.9. The fourth-order valence-electron chi connectivity index (χ4n) is 1.69. The Labute approximate surface area is 98.4 Å². The van der Waals surface area contributed by atoms with Crippen LogP contribution < -0.4 is 10.6 Å². The van der Waals surface area contributed by atoms with Gasteiger partial charge in [-0.1, -0.05) is 6.92 Å². The van der Waals surface area contributed by atoms with Gasteiger partial charge in [-0.2, -0.15) is 5.10 Å². The molecule has 0 spiro atoms. The van der Waals surface area contributed by atoms with E-state index in [2.05, 4.69) is 28.7 Å². The van der Waals surface area contributed by atoms with E-state index in [0.29, 0.717) is 0 Å².